The van der Waals surface area contributed by atoms with Crippen LogP contribution in [0.15, 0.2) is 47.9 Å². The van der Waals surface area contributed by atoms with E-state index in [-0.39, 0.29) is 5.78 Å². The summed E-state index contributed by atoms with van der Waals surface area (Å²) in [5.74, 6) is 0.448. The average Bonchev–Trinajstić information content (AvgIpc) is 3.21. The molecule has 0 aliphatic heterocycles. The van der Waals surface area contributed by atoms with E-state index in [4.69, 9.17) is 11.6 Å². The summed E-state index contributed by atoms with van der Waals surface area (Å²) in [4.78, 5) is 14.3. The van der Waals surface area contributed by atoms with Gasteiger partial charge in [-0.05, 0) is 36.8 Å². The summed E-state index contributed by atoms with van der Waals surface area (Å²) in [5, 5.41) is 9.35. The zero-order chi connectivity index (χ0) is 16.2. The first-order valence-corrected chi connectivity index (χ1v) is 9.26. The fraction of sp³-hybridized carbons (Fsp3) is 0.188. The van der Waals surface area contributed by atoms with Crippen LogP contribution in [0.3, 0.4) is 0 Å². The largest absolute Gasteiger partial charge is 0.292 e. The Morgan fingerprint density at radius 2 is 2.22 bits per heavy atom. The lowest BCUT2D eigenvalue weighted by atomic mass is 10.3. The Hall–Kier alpha value is -1.63. The maximum Gasteiger partial charge on any atom is 0.196 e. The normalized spacial score (nSPS) is 10.9. The number of Topliss-reactive ketones (excluding diaryl/α,β-unsaturated/α-hetero) is 1. The van der Waals surface area contributed by atoms with Crippen molar-refractivity contribution in [2.24, 2.45) is 0 Å². The molecule has 0 N–H and O–H groups in total. The number of aromatic nitrogens is 3. The lowest BCUT2D eigenvalue weighted by Crippen LogP contribution is -2.02. The molecule has 2 heterocycles. The second kappa shape index (κ2) is 7.29. The van der Waals surface area contributed by atoms with Gasteiger partial charge in [0.2, 0.25) is 0 Å². The number of hydrogen-bond donors (Lipinski definition) is 0. The maximum atomic E-state index is 12.3. The molecule has 0 spiro atoms. The first kappa shape index (κ1) is 16.2. The molecule has 0 aliphatic carbocycles. The zero-order valence-electron chi connectivity index (χ0n) is 12.4. The Morgan fingerprint density at radius 3 is 2.96 bits per heavy atom. The number of aryl methyl sites for hydroxylation is 1. The van der Waals surface area contributed by atoms with Gasteiger partial charge in [-0.2, -0.15) is 0 Å². The van der Waals surface area contributed by atoms with Gasteiger partial charge < -0.3 is 0 Å². The van der Waals surface area contributed by atoms with Crippen LogP contribution < -0.4 is 0 Å². The Morgan fingerprint density at radius 1 is 1.35 bits per heavy atom. The van der Waals surface area contributed by atoms with Crippen LogP contribution in [-0.2, 0) is 6.42 Å². The van der Waals surface area contributed by atoms with E-state index in [1.165, 1.54) is 16.6 Å². The summed E-state index contributed by atoms with van der Waals surface area (Å²) >= 11 is 8.96. The second-order valence-corrected chi connectivity index (χ2v) is 7.34. The van der Waals surface area contributed by atoms with E-state index < -0.39 is 0 Å². The molecule has 23 heavy (non-hydrogen) atoms. The van der Waals surface area contributed by atoms with Crippen molar-refractivity contribution in [1.82, 2.24) is 14.8 Å². The number of carbonyl (C=O) groups is 1. The standard InChI is InChI=1S/C16H14ClN3OS2/c1-2-13-6-7-15(23-13)14(21)9-22-16-19-18-10-20(16)12-5-3-4-11(17)8-12/h3-8,10H,2,9H2,1H3. The summed E-state index contributed by atoms with van der Waals surface area (Å²) in [6.45, 7) is 2.09. The van der Waals surface area contributed by atoms with E-state index in [1.54, 1.807) is 17.7 Å². The molecule has 0 amide bonds. The van der Waals surface area contributed by atoms with Crippen molar-refractivity contribution >= 4 is 40.5 Å². The number of thiophene rings is 1. The second-order valence-electron chi connectivity index (χ2n) is 4.79. The molecule has 0 bridgehead atoms. The molecule has 2 aromatic heterocycles. The SMILES string of the molecule is CCc1ccc(C(=O)CSc2nncn2-c2cccc(Cl)c2)s1. The summed E-state index contributed by atoms with van der Waals surface area (Å²) in [6.07, 6.45) is 2.58. The minimum atomic E-state index is 0.111. The van der Waals surface area contributed by atoms with Gasteiger partial charge in [-0.1, -0.05) is 36.4 Å². The van der Waals surface area contributed by atoms with Crippen molar-refractivity contribution in [3.8, 4) is 5.69 Å². The third-order valence-electron chi connectivity index (χ3n) is 3.22. The monoisotopic (exact) mass is 363 g/mol. The third kappa shape index (κ3) is 3.83. The van der Waals surface area contributed by atoms with Crippen molar-refractivity contribution in [3.05, 3.63) is 57.5 Å². The van der Waals surface area contributed by atoms with Crippen LogP contribution in [0, 0.1) is 0 Å². The van der Waals surface area contributed by atoms with E-state index >= 15 is 0 Å². The highest BCUT2D eigenvalue weighted by molar-refractivity contribution is 7.99. The average molecular weight is 364 g/mol. The minimum absolute atomic E-state index is 0.111. The molecule has 7 heteroatoms. The molecule has 0 aliphatic rings. The molecule has 3 rings (SSSR count). The van der Waals surface area contributed by atoms with Crippen LogP contribution >= 0.6 is 34.7 Å². The number of ketones is 1. The Bertz CT molecular complexity index is 828. The van der Waals surface area contributed by atoms with Gasteiger partial charge in [-0.3, -0.25) is 9.36 Å². The van der Waals surface area contributed by atoms with Crippen LogP contribution in [0.2, 0.25) is 5.02 Å². The zero-order valence-corrected chi connectivity index (χ0v) is 14.8. The number of halogens is 1. The minimum Gasteiger partial charge on any atom is -0.292 e. The molecule has 118 valence electrons. The van der Waals surface area contributed by atoms with Crippen molar-refractivity contribution in [1.29, 1.82) is 0 Å². The van der Waals surface area contributed by atoms with E-state index in [2.05, 4.69) is 17.1 Å². The quantitative estimate of drug-likeness (QED) is 0.477. The van der Waals surface area contributed by atoms with Gasteiger partial charge in [0, 0.05) is 9.90 Å². The van der Waals surface area contributed by atoms with Gasteiger partial charge in [0.25, 0.3) is 0 Å². The first-order chi connectivity index (χ1) is 11.2. The van der Waals surface area contributed by atoms with Crippen molar-refractivity contribution in [2.75, 3.05) is 5.75 Å². The summed E-state index contributed by atoms with van der Waals surface area (Å²) in [6, 6.07) is 11.4. The molecule has 0 saturated heterocycles. The van der Waals surface area contributed by atoms with Crippen LogP contribution in [0.5, 0.6) is 0 Å². The van der Waals surface area contributed by atoms with Crippen LogP contribution in [0.1, 0.15) is 21.5 Å². The molecule has 0 saturated carbocycles. The summed E-state index contributed by atoms with van der Waals surface area (Å²) in [5.41, 5.74) is 0.877. The van der Waals surface area contributed by atoms with Crippen LogP contribution in [-0.4, -0.2) is 26.3 Å². The number of thioether (sulfide) groups is 1. The molecule has 0 fully saturated rings. The highest BCUT2D eigenvalue weighted by Crippen LogP contribution is 2.24. The summed E-state index contributed by atoms with van der Waals surface area (Å²) < 4.78 is 1.83. The van der Waals surface area contributed by atoms with Crippen LogP contribution in [0.4, 0.5) is 0 Å². The van der Waals surface area contributed by atoms with Gasteiger partial charge >= 0.3 is 0 Å². The molecule has 4 nitrogen and oxygen atoms in total. The highest BCUT2D eigenvalue weighted by atomic mass is 35.5. The Balaban J connectivity index is 1.72. The molecule has 0 radical (unpaired) electrons. The van der Waals surface area contributed by atoms with Gasteiger partial charge in [-0.25, -0.2) is 0 Å². The molecular formula is C16H14ClN3OS2. The lowest BCUT2D eigenvalue weighted by Gasteiger charge is -2.06. The maximum absolute atomic E-state index is 12.3. The smallest absolute Gasteiger partial charge is 0.196 e. The fourth-order valence-corrected chi connectivity index (χ4v) is 4.02. The number of hydrogen-bond acceptors (Lipinski definition) is 5. The lowest BCUT2D eigenvalue weighted by molar-refractivity contribution is 0.102. The Labute approximate surface area is 147 Å². The molecule has 1 aromatic carbocycles. The van der Waals surface area contributed by atoms with E-state index in [1.807, 2.05) is 41.0 Å². The molecule has 0 unspecified atom stereocenters. The number of rotatable bonds is 6. The van der Waals surface area contributed by atoms with Crippen molar-refractivity contribution in [3.63, 3.8) is 0 Å². The number of carbonyl (C=O) groups excluding carboxylic acids is 1. The number of nitrogens with zero attached hydrogens (tertiary/aromatic N) is 3. The fourth-order valence-electron chi connectivity index (χ4n) is 2.04. The Kier molecular flexibility index (Phi) is 5.15. The van der Waals surface area contributed by atoms with Gasteiger partial charge in [0.1, 0.15) is 6.33 Å². The topological polar surface area (TPSA) is 47.8 Å². The molecule has 0 atom stereocenters. The van der Waals surface area contributed by atoms with E-state index in [9.17, 15) is 4.79 Å². The van der Waals surface area contributed by atoms with Crippen molar-refractivity contribution < 1.29 is 4.79 Å². The first-order valence-electron chi connectivity index (χ1n) is 7.08. The van der Waals surface area contributed by atoms with E-state index in [0.717, 1.165) is 17.0 Å². The van der Waals surface area contributed by atoms with E-state index in [0.29, 0.717) is 15.9 Å². The van der Waals surface area contributed by atoms with Gasteiger partial charge in [0.15, 0.2) is 10.9 Å². The van der Waals surface area contributed by atoms with Crippen LogP contribution in [0.25, 0.3) is 5.69 Å². The molecule has 3 aromatic rings. The van der Waals surface area contributed by atoms with Gasteiger partial charge in [-0.15, -0.1) is 21.5 Å². The predicted molar refractivity (Wildman–Crippen MR) is 95.1 cm³/mol. The predicted octanol–water partition coefficient (Wildman–Crippen LogP) is 4.52. The number of benzene rings is 1. The molecular weight excluding hydrogens is 350 g/mol. The van der Waals surface area contributed by atoms with Crippen molar-refractivity contribution in [2.45, 2.75) is 18.5 Å². The summed E-state index contributed by atoms with van der Waals surface area (Å²) in [7, 11) is 0. The van der Waals surface area contributed by atoms with Gasteiger partial charge in [0.05, 0.1) is 16.3 Å². The third-order valence-corrected chi connectivity index (χ3v) is 5.67. The highest BCUT2D eigenvalue weighted by Gasteiger charge is 2.13.